The Kier molecular flexibility index (Phi) is 6.14. The fourth-order valence-electron chi connectivity index (χ4n) is 3.52. The number of anilines is 2. The summed E-state index contributed by atoms with van der Waals surface area (Å²) in [5.41, 5.74) is 1.76. The summed E-state index contributed by atoms with van der Waals surface area (Å²) in [4.78, 5) is 23.7. The number of carbonyl (C=O) groups is 1. The zero-order valence-corrected chi connectivity index (χ0v) is 17.5. The number of hydrogen-bond acceptors (Lipinski definition) is 5. The van der Waals surface area contributed by atoms with Crippen LogP contribution in [0.25, 0.3) is 0 Å². The number of aryl methyl sites for hydroxylation is 1. The number of halogens is 1. The van der Waals surface area contributed by atoms with E-state index in [-0.39, 0.29) is 11.8 Å². The second-order valence-electron chi connectivity index (χ2n) is 7.31. The Morgan fingerprint density at radius 1 is 1.10 bits per heavy atom. The van der Waals surface area contributed by atoms with E-state index >= 15 is 0 Å². The molecule has 7 heteroatoms. The van der Waals surface area contributed by atoms with Gasteiger partial charge in [0.05, 0.1) is 0 Å². The van der Waals surface area contributed by atoms with Crippen LogP contribution in [0.5, 0.6) is 11.6 Å². The molecule has 1 fully saturated rings. The average Bonchev–Trinajstić information content (AvgIpc) is 2.77. The summed E-state index contributed by atoms with van der Waals surface area (Å²) in [5.74, 6) is 1.85. The predicted octanol–water partition coefficient (Wildman–Crippen LogP) is 5.09. The zero-order chi connectivity index (χ0) is 20.9. The summed E-state index contributed by atoms with van der Waals surface area (Å²) in [7, 11) is 0. The molecule has 1 N–H and O–H groups in total. The first-order chi connectivity index (χ1) is 14.6. The molecule has 0 radical (unpaired) electrons. The fraction of sp³-hybridized carbons (Fsp3) is 0.261. The van der Waals surface area contributed by atoms with Gasteiger partial charge in [0.15, 0.2) is 5.82 Å². The monoisotopic (exact) mass is 422 g/mol. The Hall–Kier alpha value is -3.12. The first-order valence-electron chi connectivity index (χ1n) is 9.96. The number of ether oxygens (including phenoxy) is 1. The van der Waals surface area contributed by atoms with Gasteiger partial charge in [0.25, 0.3) is 5.88 Å². The van der Waals surface area contributed by atoms with Crippen molar-refractivity contribution in [3.63, 3.8) is 0 Å². The van der Waals surface area contributed by atoms with Gasteiger partial charge in [0.2, 0.25) is 5.91 Å². The van der Waals surface area contributed by atoms with Crippen LogP contribution in [0.1, 0.15) is 18.4 Å². The summed E-state index contributed by atoms with van der Waals surface area (Å²) in [6.45, 7) is 3.36. The largest absolute Gasteiger partial charge is 0.436 e. The van der Waals surface area contributed by atoms with E-state index < -0.39 is 0 Å². The summed E-state index contributed by atoms with van der Waals surface area (Å²) >= 11 is 6.06. The standard InChI is InChI=1S/C23H23ClN4O2/c1-16-7-8-18(24)15-20(16)27-22(29)17-9-13-28(14-10-17)21-23(26-12-11-25-21)30-19-5-3-2-4-6-19/h2-8,11-12,15,17H,9-10,13-14H2,1H3,(H,27,29). The first kappa shape index (κ1) is 20.2. The highest BCUT2D eigenvalue weighted by Crippen LogP contribution is 2.31. The summed E-state index contributed by atoms with van der Waals surface area (Å²) in [6.07, 6.45) is 4.74. The SMILES string of the molecule is Cc1ccc(Cl)cc1NC(=O)C1CCN(c2nccnc2Oc2ccccc2)CC1. The van der Waals surface area contributed by atoms with Crippen molar-refractivity contribution in [2.24, 2.45) is 5.92 Å². The summed E-state index contributed by atoms with van der Waals surface area (Å²) < 4.78 is 5.93. The molecule has 1 aliphatic heterocycles. The van der Waals surface area contributed by atoms with Crippen molar-refractivity contribution in [3.05, 3.63) is 71.5 Å². The molecule has 0 atom stereocenters. The second kappa shape index (κ2) is 9.13. The van der Waals surface area contributed by atoms with Crippen LogP contribution in [-0.4, -0.2) is 29.0 Å². The molecular weight excluding hydrogens is 400 g/mol. The Balaban J connectivity index is 1.40. The second-order valence-corrected chi connectivity index (χ2v) is 7.75. The lowest BCUT2D eigenvalue weighted by atomic mass is 9.95. The molecule has 2 aromatic carbocycles. The minimum atomic E-state index is -0.0604. The number of piperidine rings is 1. The van der Waals surface area contributed by atoms with Gasteiger partial charge in [-0.1, -0.05) is 35.9 Å². The Labute approximate surface area is 180 Å². The highest BCUT2D eigenvalue weighted by Gasteiger charge is 2.27. The number of rotatable bonds is 5. The van der Waals surface area contributed by atoms with Crippen molar-refractivity contribution in [2.45, 2.75) is 19.8 Å². The van der Waals surface area contributed by atoms with E-state index in [4.69, 9.17) is 16.3 Å². The van der Waals surface area contributed by atoms with Crippen molar-refractivity contribution in [1.82, 2.24) is 9.97 Å². The topological polar surface area (TPSA) is 67.4 Å². The summed E-state index contributed by atoms with van der Waals surface area (Å²) in [5, 5.41) is 3.64. The van der Waals surface area contributed by atoms with E-state index in [1.54, 1.807) is 18.5 Å². The Morgan fingerprint density at radius 2 is 1.83 bits per heavy atom. The van der Waals surface area contributed by atoms with Crippen LogP contribution in [-0.2, 0) is 4.79 Å². The lowest BCUT2D eigenvalue weighted by Gasteiger charge is -2.32. The molecule has 0 aliphatic carbocycles. The van der Waals surface area contributed by atoms with Gasteiger partial charge in [-0.25, -0.2) is 9.97 Å². The highest BCUT2D eigenvalue weighted by molar-refractivity contribution is 6.31. The molecule has 0 bridgehead atoms. The van der Waals surface area contributed by atoms with E-state index in [1.807, 2.05) is 49.4 Å². The first-order valence-corrected chi connectivity index (χ1v) is 10.3. The molecule has 0 unspecified atom stereocenters. The molecule has 2 heterocycles. The number of nitrogens with zero attached hydrogens (tertiary/aromatic N) is 3. The van der Waals surface area contributed by atoms with E-state index in [0.29, 0.717) is 35.6 Å². The molecule has 3 aromatic rings. The van der Waals surface area contributed by atoms with Crippen molar-refractivity contribution < 1.29 is 9.53 Å². The smallest absolute Gasteiger partial charge is 0.263 e. The number of amides is 1. The number of benzene rings is 2. The number of aromatic nitrogens is 2. The predicted molar refractivity (Wildman–Crippen MR) is 118 cm³/mol. The summed E-state index contributed by atoms with van der Waals surface area (Å²) in [6, 6.07) is 15.0. The zero-order valence-electron chi connectivity index (χ0n) is 16.7. The minimum Gasteiger partial charge on any atom is -0.436 e. The van der Waals surface area contributed by atoms with Crippen LogP contribution in [0.15, 0.2) is 60.9 Å². The van der Waals surface area contributed by atoms with Crippen molar-refractivity contribution in [1.29, 1.82) is 0 Å². The highest BCUT2D eigenvalue weighted by atomic mass is 35.5. The van der Waals surface area contributed by atoms with Crippen LogP contribution >= 0.6 is 11.6 Å². The fourth-order valence-corrected chi connectivity index (χ4v) is 3.70. The lowest BCUT2D eigenvalue weighted by Crippen LogP contribution is -2.38. The Morgan fingerprint density at radius 3 is 2.60 bits per heavy atom. The third-order valence-electron chi connectivity index (χ3n) is 5.23. The number of hydrogen-bond donors (Lipinski definition) is 1. The Bertz CT molecular complexity index is 1020. The van der Waals surface area contributed by atoms with Gasteiger partial charge in [-0.15, -0.1) is 0 Å². The lowest BCUT2D eigenvalue weighted by molar-refractivity contribution is -0.120. The molecule has 1 aliphatic rings. The molecule has 30 heavy (non-hydrogen) atoms. The van der Waals surface area contributed by atoms with E-state index in [1.165, 1.54) is 0 Å². The van der Waals surface area contributed by atoms with E-state index in [9.17, 15) is 4.79 Å². The normalized spacial score (nSPS) is 14.4. The van der Waals surface area contributed by atoms with Gasteiger partial charge in [-0.2, -0.15) is 0 Å². The van der Waals surface area contributed by atoms with Gasteiger partial charge in [-0.3, -0.25) is 4.79 Å². The van der Waals surface area contributed by atoms with E-state index in [0.717, 1.165) is 24.1 Å². The van der Waals surface area contributed by atoms with Crippen molar-refractivity contribution >= 4 is 29.0 Å². The van der Waals surface area contributed by atoms with Crippen LogP contribution in [0.2, 0.25) is 5.02 Å². The van der Waals surface area contributed by atoms with Gasteiger partial charge in [0.1, 0.15) is 5.75 Å². The molecule has 1 amide bonds. The van der Waals surface area contributed by atoms with Crippen molar-refractivity contribution in [2.75, 3.05) is 23.3 Å². The number of nitrogens with one attached hydrogen (secondary N) is 1. The van der Waals surface area contributed by atoms with Gasteiger partial charge < -0.3 is 15.0 Å². The number of para-hydroxylation sites is 1. The van der Waals surface area contributed by atoms with Gasteiger partial charge in [0, 0.05) is 42.1 Å². The molecular formula is C23H23ClN4O2. The van der Waals surface area contributed by atoms with Gasteiger partial charge >= 0.3 is 0 Å². The molecule has 6 nitrogen and oxygen atoms in total. The maximum atomic E-state index is 12.8. The van der Waals surface area contributed by atoms with Crippen LogP contribution in [0, 0.1) is 12.8 Å². The quantitative estimate of drug-likeness (QED) is 0.620. The maximum Gasteiger partial charge on any atom is 0.263 e. The molecule has 0 spiro atoms. The van der Waals surface area contributed by atoms with Crippen LogP contribution in [0.3, 0.4) is 0 Å². The van der Waals surface area contributed by atoms with Crippen molar-refractivity contribution in [3.8, 4) is 11.6 Å². The number of carbonyl (C=O) groups excluding carboxylic acids is 1. The third kappa shape index (κ3) is 4.71. The molecule has 4 rings (SSSR count). The van der Waals surface area contributed by atoms with Crippen LogP contribution in [0.4, 0.5) is 11.5 Å². The molecule has 1 saturated heterocycles. The van der Waals surface area contributed by atoms with Crippen LogP contribution < -0.4 is 15.0 Å². The molecule has 1 aromatic heterocycles. The maximum absolute atomic E-state index is 12.8. The van der Waals surface area contributed by atoms with E-state index in [2.05, 4.69) is 20.2 Å². The van der Waals surface area contributed by atoms with Gasteiger partial charge in [-0.05, 0) is 49.6 Å². The average molecular weight is 423 g/mol. The minimum absolute atomic E-state index is 0.0277. The molecule has 0 saturated carbocycles. The molecule has 154 valence electrons. The third-order valence-corrected chi connectivity index (χ3v) is 5.46.